The second-order valence-corrected chi connectivity index (χ2v) is 3.53. The van der Waals surface area contributed by atoms with Gasteiger partial charge in [0.2, 0.25) is 4.96 Å². The summed E-state index contributed by atoms with van der Waals surface area (Å²) in [7, 11) is 0. The van der Waals surface area contributed by atoms with Gasteiger partial charge in [0, 0.05) is 0 Å². The van der Waals surface area contributed by atoms with Gasteiger partial charge in [-0.25, -0.2) is 9.50 Å². The van der Waals surface area contributed by atoms with Crippen molar-refractivity contribution >= 4 is 26.5 Å². The number of rotatable bonds is 0. The lowest BCUT2D eigenvalue weighted by Crippen LogP contribution is -1.80. The van der Waals surface area contributed by atoms with Crippen molar-refractivity contribution < 1.29 is 0 Å². The Bertz CT molecular complexity index is 536. The fourth-order valence-electron chi connectivity index (χ4n) is 1.28. The van der Waals surface area contributed by atoms with Crippen LogP contribution >= 0.6 is 11.3 Å². The summed E-state index contributed by atoms with van der Waals surface area (Å²) in [6.07, 6.45) is 1.58. The second kappa shape index (κ2) is 2.04. The summed E-state index contributed by atoms with van der Waals surface area (Å²) in [6, 6.07) is 8.16. The van der Waals surface area contributed by atoms with Crippen LogP contribution in [0, 0.1) is 0 Å². The molecule has 0 bridgehead atoms. The van der Waals surface area contributed by atoms with E-state index in [-0.39, 0.29) is 0 Å². The number of para-hydroxylation sites is 1. The molecule has 0 saturated carbocycles. The largest absolute Gasteiger partial charge is 0.213 e. The highest BCUT2D eigenvalue weighted by atomic mass is 32.1. The Kier molecular flexibility index (Phi) is 1.04. The number of aromatic nitrogens is 3. The van der Waals surface area contributed by atoms with Crippen LogP contribution in [0.15, 0.2) is 30.6 Å². The van der Waals surface area contributed by atoms with E-state index in [0.717, 1.165) is 10.5 Å². The number of fused-ring (bicyclic) bond motifs is 3. The minimum atomic E-state index is 0.955. The van der Waals surface area contributed by atoms with Crippen LogP contribution in [-0.2, 0) is 0 Å². The van der Waals surface area contributed by atoms with Crippen LogP contribution in [0.2, 0.25) is 0 Å². The molecule has 0 atom stereocenters. The van der Waals surface area contributed by atoms with Crippen LogP contribution in [0.1, 0.15) is 0 Å². The average molecular weight is 175 g/mol. The molecule has 0 fully saturated rings. The lowest BCUT2D eigenvalue weighted by Gasteiger charge is -1.85. The van der Waals surface area contributed by atoms with Crippen molar-refractivity contribution in [3.63, 3.8) is 0 Å². The Morgan fingerprint density at radius 3 is 3.17 bits per heavy atom. The molecule has 3 aromatic rings. The number of thiazole rings is 1. The van der Waals surface area contributed by atoms with Crippen molar-refractivity contribution in [2.45, 2.75) is 0 Å². The Labute approximate surface area is 72.3 Å². The van der Waals surface area contributed by atoms with Crippen molar-refractivity contribution in [3.8, 4) is 0 Å². The molecule has 0 unspecified atom stereocenters. The van der Waals surface area contributed by atoms with Gasteiger partial charge < -0.3 is 0 Å². The van der Waals surface area contributed by atoms with Crippen LogP contribution < -0.4 is 0 Å². The SMILES string of the molecule is c1ccc2c(c1)sc1ncnn12. The van der Waals surface area contributed by atoms with Crippen molar-refractivity contribution in [1.82, 2.24) is 14.6 Å². The van der Waals surface area contributed by atoms with Crippen molar-refractivity contribution in [2.75, 3.05) is 0 Å². The maximum Gasteiger partial charge on any atom is 0.213 e. The molecular weight excluding hydrogens is 170 g/mol. The van der Waals surface area contributed by atoms with Gasteiger partial charge in [0.1, 0.15) is 6.33 Å². The molecule has 0 radical (unpaired) electrons. The Balaban J connectivity index is 2.68. The minimum Gasteiger partial charge on any atom is -0.206 e. The van der Waals surface area contributed by atoms with E-state index in [2.05, 4.69) is 16.1 Å². The molecule has 0 aliphatic heterocycles. The maximum atomic E-state index is 4.13. The molecule has 3 rings (SSSR count). The van der Waals surface area contributed by atoms with E-state index in [0.29, 0.717) is 0 Å². The zero-order valence-corrected chi connectivity index (χ0v) is 6.95. The molecule has 58 valence electrons. The van der Waals surface area contributed by atoms with E-state index in [1.54, 1.807) is 17.7 Å². The van der Waals surface area contributed by atoms with Crippen LogP contribution in [0.3, 0.4) is 0 Å². The van der Waals surface area contributed by atoms with Gasteiger partial charge in [0.15, 0.2) is 0 Å². The zero-order valence-electron chi connectivity index (χ0n) is 6.14. The molecule has 2 heterocycles. The number of benzene rings is 1. The van der Waals surface area contributed by atoms with Gasteiger partial charge in [-0.2, -0.15) is 5.10 Å². The summed E-state index contributed by atoms with van der Waals surface area (Å²) < 4.78 is 3.09. The third-order valence-corrected chi connectivity index (χ3v) is 2.84. The molecule has 1 aromatic carbocycles. The fraction of sp³-hybridized carbons (Fsp3) is 0. The standard InChI is InChI=1S/C8H5N3S/c1-2-4-7-6(3-1)11-8(12-7)9-5-10-11/h1-5H. The fourth-order valence-corrected chi connectivity index (χ4v) is 2.22. The zero-order chi connectivity index (χ0) is 7.97. The molecule has 4 heteroatoms. The molecule has 0 spiro atoms. The minimum absolute atomic E-state index is 0.955. The van der Waals surface area contributed by atoms with E-state index in [1.807, 2.05) is 22.7 Å². The first-order chi connectivity index (χ1) is 5.95. The summed E-state index contributed by atoms with van der Waals surface area (Å²) in [6.45, 7) is 0. The highest BCUT2D eigenvalue weighted by Crippen LogP contribution is 2.23. The molecule has 0 saturated heterocycles. The van der Waals surface area contributed by atoms with Crippen molar-refractivity contribution in [3.05, 3.63) is 30.6 Å². The normalized spacial score (nSPS) is 11.3. The second-order valence-electron chi connectivity index (χ2n) is 2.52. The third-order valence-electron chi connectivity index (χ3n) is 1.81. The Morgan fingerprint density at radius 1 is 1.25 bits per heavy atom. The highest BCUT2D eigenvalue weighted by molar-refractivity contribution is 7.23. The molecule has 3 nitrogen and oxygen atoms in total. The van der Waals surface area contributed by atoms with E-state index < -0.39 is 0 Å². The van der Waals surface area contributed by atoms with E-state index in [1.165, 1.54) is 4.70 Å². The molecule has 12 heavy (non-hydrogen) atoms. The first-order valence-corrected chi connectivity index (χ1v) is 4.44. The smallest absolute Gasteiger partial charge is 0.206 e. The molecule has 0 amide bonds. The van der Waals surface area contributed by atoms with Crippen LogP contribution in [-0.4, -0.2) is 14.6 Å². The van der Waals surface area contributed by atoms with Gasteiger partial charge in [-0.3, -0.25) is 0 Å². The van der Waals surface area contributed by atoms with Gasteiger partial charge in [-0.15, -0.1) is 0 Å². The lowest BCUT2D eigenvalue weighted by atomic mass is 10.3. The maximum absolute atomic E-state index is 4.13. The topological polar surface area (TPSA) is 30.2 Å². The lowest BCUT2D eigenvalue weighted by molar-refractivity contribution is 1.01. The van der Waals surface area contributed by atoms with E-state index in [4.69, 9.17) is 0 Å². The summed E-state index contributed by atoms with van der Waals surface area (Å²) in [5.74, 6) is 0. The highest BCUT2D eigenvalue weighted by Gasteiger charge is 2.03. The monoisotopic (exact) mass is 175 g/mol. The molecule has 2 aromatic heterocycles. The van der Waals surface area contributed by atoms with E-state index in [9.17, 15) is 0 Å². The predicted octanol–water partition coefficient (Wildman–Crippen LogP) is 1.94. The quantitative estimate of drug-likeness (QED) is 0.522. The van der Waals surface area contributed by atoms with Gasteiger partial charge >= 0.3 is 0 Å². The summed E-state index contributed by atoms with van der Waals surface area (Å²) in [5.41, 5.74) is 1.13. The predicted molar refractivity (Wildman–Crippen MR) is 48.4 cm³/mol. The summed E-state index contributed by atoms with van der Waals surface area (Å²) in [4.78, 5) is 5.08. The van der Waals surface area contributed by atoms with Gasteiger partial charge in [-0.05, 0) is 12.1 Å². The average Bonchev–Trinajstić information content (AvgIpc) is 2.62. The van der Waals surface area contributed by atoms with E-state index >= 15 is 0 Å². The molecular formula is C8H5N3S. The summed E-state index contributed by atoms with van der Waals surface area (Å²) in [5, 5.41) is 4.12. The summed E-state index contributed by atoms with van der Waals surface area (Å²) >= 11 is 1.66. The number of nitrogens with zero attached hydrogens (tertiary/aromatic N) is 3. The van der Waals surface area contributed by atoms with Crippen LogP contribution in [0.25, 0.3) is 15.2 Å². The first kappa shape index (κ1) is 6.14. The van der Waals surface area contributed by atoms with Crippen molar-refractivity contribution in [2.24, 2.45) is 0 Å². The van der Waals surface area contributed by atoms with Gasteiger partial charge in [-0.1, -0.05) is 23.5 Å². The third kappa shape index (κ3) is 0.648. The van der Waals surface area contributed by atoms with Gasteiger partial charge in [0.25, 0.3) is 0 Å². The number of hydrogen-bond acceptors (Lipinski definition) is 3. The first-order valence-electron chi connectivity index (χ1n) is 3.62. The van der Waals surface area contributed by atoms with Crippen molar-refractivity contribution in [1.29, 1.82) is 0 Å². The van der Waals surface area contributed by atoms with Gasteiger partial charge in [0.05, 0.1) is 10.2 Å². The number of hydrogen-bond donors (Lipinski definition) is 0. The Hall–Kier alpha value is -1.42. The Morgan fingerprint density at radius 2 is 2.17 bits per heavy atom. The molecule has 0 aliphatic rings. The van der Waals surface area contributed by atoms with Crippen LogP contribution in [0.4, 0.5) is 0 Å². The van der Waals surface area contributed by atoms with Crippen LogP contribution in [0.5, 0.6) is 0 Å². The molecule has 0 N–H and O–H groups in total. The molecule has 0 aliphatic carbocycles.